The van der Waals surface area contributed by atoms with Crippen LogP contribution in [-0.2, 0) is 11.3 Å². The van der Waals surface area contributed by atoms with E-state index in [4.69, 9.17) is 0 Å². The molecule has 1 aromatic carbocycles. The van der Waals surface area contributed by atoms with Gasteiger partial charge in [-0.2, -0.15) is 0 Å². The number of carbonyl (C=O) groups is 1. The van der Waals surface area contributed by atoms with Crippen molar-refractivity contribution in [1.29, 1.82) is 0 Å². The van der Waals surface area contributed by atoms with Crippen LogP contribution in [0.2, 0.25) is 0 Å². The molecule has 19 heavy (non-hydrogen) atoms. The van der Waals surface area contributed by atoms with Crippen molar-refractivity contribution in [3.8, 4) is 0 Å². The molecule has 0 aliphatic carbocycles. The molecule has 2 rings (SSSR count). The number of halogens is 1. The molecule has 1 aromatic rings. The minimum atomic E-state index is -0.221. The number of hydrogen-bond donors (Lipinski definition) is 1. The minimum absolute atomic E-state index is 0.0632. The Morgan fingerprint density at radius 2 is 2.32 bits per heavy atom. The van der Waals surface area contributed by atoms with Crippen molar-refractivity contribution < 1.29 is 9.18 Å². The molecule has 4 heteroatoms. The average Bonchev–Trinajstić information content (AvgIpc) is 2.69. The van der Waals surface area contributed by atoms with Gasteiger partial charge in [0, 0.05) is 25.7 Å². The lowest BCUT2D eigenvalue weighted by molar-refractivity contribution is -0.127. The maximum atomic E-state index is 13.0. The summed E-state index contributed by atoms with van der Waals surface area (Å²) in [5.41, 5.74) is 2.79. The molecule has 0 saturated carbocycles. The van der Waals surface area contributed by atoms with E-state index < -0.39 is 0 Å². The lowest BCUT2D eigenvalue weighted by Gasteiger charge is -2.23. The molecule has 1 fully saturated rings. The largest absolute Gasteiger partial charge is 0.383 e. The molecular formula is C15H19FN2O. The second kappa shape index (κ2) is 5.43. The Balaban J connectivity index is 1.95. The fraction of sp³-hybridized carbons (Fsp3) is 0.400. The summed E-state index contributed by atoms with van der Waals surface area (Å²) in [6.45, 7) is 6.49. The van der Waals surface area contributed by atoms with Crippen molar-refractivity contribution in [1.82, 2.24) is 10.2 Å². The van der Waals surface area contributed by atoms with Crippen LogP contribution in [0.25, 0.3) is 0 Å². The Labute approximate surface area is 113 Å². The molecule has 3 nitrogen and oxygen atoms in total. The van der Waals surface area contributed by atoms with E-state index >= 15 is 0 Å². The first-order chi connectivity index (χ1) is 8.99. The second-order valence-electron chi connectivity index (χ2n) is 5.01. The van der Waals surface area contributed by atoms with E-state index in [0.29, 0.717) is 13.0 Å². The Hall–Kier alpha value is -1.84. The molecule has 0 spiro atoms. The van der Waals surface area contributed by atoms with Crippen LogP contribution < -0.4 is 5.32 Å². The van der Waals surface area contributed by atoms with Crippen LogP contribution in [0.4, 0.5) is 4.39 Å². The van der Waals surface area contributed by atoms with Gasteiger partial charge in [-0.25, -0.2) is 4.39 Å². The molecule has 102 valence electrons. The average molecular weight is 262 g/mol. The van der Waals surface area contributed by atoms with E-state index in [9.17, 15) is 9.18 Å². The highest BCUT2D eigenvalue weighted by Crippen LogP contribution is 2.21. The van der Waals surface area contributed by atoms with Crippen LogP contribution in [0.1, 0.15) is 24.0 Å². The SMILES string of the molecule is C=C(NCc1ccc(F)cc1C)C1CCC(=O)N1C. The highest BCUT2D eigenvalue weighted by Gasteiger charge is 2.29. The summed E-state index contributed by atoms with van der Waals surface area (Å²) in [5.74, 6) is -0.0629. The molecule has 0 aromatic heterocycles. The maximum absolute atomic E-state index is 13.0. The molecule has 1 saturated heterocycles. The smallest absolute Gasteiger partial charge is 0.222 e. The topological polar surface area (TPSA) is 32.3 Å². The Kier molecular flexibility index (Phi) is 3.88. The van der Waals surface area contributed by atoms with Crippen LogP contribution >= 0.6 is 0 Å². The molecule has 1 unspecified atom stereocenters. The molecule has 1 aliphatic rings. The number of rotatable bonds is 4. The fourth-order valence-corrected chi connectivity index (χ4v) is 2.40. The highest BCUT2D eigenvalue weighted by molar-refractivity contribution is 5.79. The predicted molar refractivity (Wildman–Crippen MR) is 72.9 cm³/mol. The van der Waals surface area contributed by atoms with Crippen LogP contribution in [0.5, 0.6) is 0 Å². The number of hydrogen-bond acceptors (Lipinski definition) is 2. The van der Waals surface area contributed by atoms with Crippen LogP contribution in [-0.4, -0.2) is 23.9 Å². The van der Waals surface area contributed by atoms with Gasteiger partial charge in [0.15, 0.2) is 0 Å². The van der Waals surface area contributed by atoms with Gasteiger partial charge in [-0.3, -0.25) is 4.79 Å². The fourth-order valence-electron chi connectivity index (χ4n) is 2.40. The van der Waals surface area contributed by atoms with Gasteiger partial charge in [-0.1, -0.05) is 12.6 Å². The highest BCUT2D eigenvalue weighted by atomic mass is 19.1. The Morgan fingerprint density at radius 3 is 2.89 bits per heavy atom. The van der Waals surface area contributed by atoms with Crippen LogP contribution in [0, 0.1) is 12.7 Å². The van der Waals surface area contributed by atoms with Crippen molar-refractivity contribution in [2.75, 3.05) is 7.05 Å². The third-order valence-corrected chi connectivity index (χ3v) is 3.71. The van der Waals surface area contributed by atoms with E-state index in [1.54, 1.807) is 18.0 Å². The number of likely N-dealkylation sites (tertiary alicyclic amines) is 1. The summed E-state index contributed by atoms with van der Waals surface area (Å²) >= 11 is 0. The van der Waals surface area contributed by atoms with Crippen molar-refractivity contribution in [3.05, 3.63) is 47.4 Å². The summed E-state index contributed by atoms with van der Waals surface area (Å²) in [7, 11) is 1.80. The zero-order valence-corrected chi connectivity index (χ0v) is 11.4. The molecule has 1 heterocycles. The molecule has 1 atom stereocenters. The lowest BCUT2D eigenvalue weighted by atomic mass is 10.1. The monoisotopic (exact) mass is 262 g/mol. The first-order valence-corrected chi connectivity index (χ1v) is 6.42. The van der Waals surface area contributed by atoms with Gasteiger partial charge < -0.3 is 10.2 Å². The maximum Gasteiger partial charge on any atom is 0.222 e. The summed E-state index contributed by atoms with van der Waals surface area (Å²) < 4.78 is 13.0. The van der Waals surface area contributed by atoms with E-state index in [1.807, 2.05) is 6.92 Å². The lowest BCUT2D eigenvalue weighted by Crippen LogP contribution is -2.34. The third-order valence-electron chi connectivity index (χ3n) is 3.71. The summed E-state index contributed by atoms with van der Waals surface area (Å²) in [4.78, 5) is 13.2. The molecule has 1 aliphatic heterocycles. The standard InChI is InChI=1S/C15H19FN2O/c1-10-8-13(16)5-4-12(10)9-17-11(2)14-6-7-15(19)18(14)3/h4-5,8,14,17H,2,6-7,9H2,1,3H3. The van der Waals surface area contributed by atoms with Gasteiger partial charge in [0.1, 0.15) is 5.82 Å². The third kappa shape index (κ3) is 2.95. The van der Waals surface area contributed by atoms with Gasteiger partial charge in [-0.15, -0.1) is 0 Å². The first kappa shape index (κ1) is 13.6. The summed E-state index contributed by atoms with van der Waals surface area (Å²) in [5, 5.41) is 3.24. The van der Waals surface area contributed by atoms with Crippen molar-refractivity contribution in [2.45, 2.75) is 32.4 Å². The van der Waals surface area contributed by atoms with Crippen LogP contribution in [0.15, 0.2) is 30.5 Å². The normalized spacial score (nSPS) is 18.8. The van der Waals surface area contributed by atoms with Crippen LogP contribution in [0.3, 0.4) is 0 Å². The zero-order valence-electron chi connectivity index (χ0n) is 11.4. The number of benzene rings is 1. The number of nitrogens with one attached hydrogen (secondary N) is 1. The summed E-state index contributed by atoms with van der Waals surface area (Å²) in [6.07, 6.45) is 1.39. The summed E-state index contributed by atoms with van der Waals surface area (Å²) in [6, 6.07) is 4.81. The van der Waals surface area contributed by atoms with E-state index in [0.717, 1.165) is 23.2 Å². The Morgan fingerprint density at radius 1 is 1.58 bits per heavy atom. The Bertz CT molecular complexity index is 513. The van der Waals surface area contributed by atoms with Gasteiger partial charge in [-0.05, 0) is 36.6 Å². The number of nitrogens with zero attached hydrogens (tertiary/aromatic N) is 1. The first-order valence-electron chi connectivity index (χ1n) is 6.42. The quantitative estimate of drug-likeness (QED) is 0.903. The van der Waals surface area contributed by atoms with Crippen molar-refractivity contribution in [3.63, 3.8) is 0 Å². The number of carbonyl (C=O) groups excluding carboxylic acids is 1. The number of amides is 1. The minimum Gasteiger partial charge on any atom is -0.383 e. The molecule has 0 radical (unpaired) electrons. The van der Waals surface area contributed by atoms with E-state index in [-0.39, 0.29) is 17.8 Å². The van der Waals surface area contributed by atoms with E-state index in [1.165, 1.54) is 12.1 Å². The predicted octanol–water partition coefficient (Wildman–Crippen LogP) is 2.36. The second-order valence-corrected chi connectivity index (χ2v) is 5.01. The molecular weight excluding hydrogens is 243 g/mol. The van der Waals surface area contributed by atoms with Gasteiger partial charge >= 0.3 is 0 Å². The van der Waals surface area contributed by atoms with Gasteiger partial charge in [0.2, 0.25) is 5.91 Å². The van der Waals surface area contributed by atoms with Gasteiger partial charge in [0.05, 0.1) is 6.04 Å². The van der Waals surface area contributed by atoms with Gasteiger partial charge in [0.25, 0.3) is 0 Å². The molecule has 1 N–H and O–H groups in total. The zero-order chi connectivity index (χ0) is 14.0. The number of likely N-dealkylation sites (N-methyl/N-ethyl adjacent to an activating group) is 1. The molecule has 1 amide bonds. The van der Waals surface area contributed by atoms with Crippen molar-refractivity contribution in [2.24, 2.45) is 0 Å². The van der Waals surface area contributed by atoms with Crippen molar-refractivity contribution >= 4 is 5.91 Å². The number of aryl methyl sites for hydroxylation is 1. The van der Waals surface area contributed by atoms with E-state index in [2.05, 4.69) is 11.9 Å². The molecule has 0 bridgehead atoms.